The third-order valence-electron chi connectivity index (χ3n) is 4.24. The van der Waals surface area contributed by atoms with E-state index in [9.17, 15) is 13.2 Å². The first-order chi connectivity index (χ1) is 13.9. The van der Waals surface area contributed by atoms with E-state index in [-0.39, 0.29) is 23.5 Å². The van der Waals surface area contributed by atoms with Gasteiger partial charge in [0, 0.05) is 18.2 Å². The van der Waals surface area contributed by atoms with Crippen LogP contribution in [-0.4, -0.2) is 39.0 Å². The highest BCUT2D eigenvalue weighted by Crippen LogP contribution is 2.19. The first-order valence-corrected chi connectivity index (χ1v) is 10.3. The minimum absolute atomic E-state index is 0.0212. The molecule has 152 valence electrons. The quantitative estimate of drug-likeness (QED) is 0.603. The SMILES string of the molecule is COc1ccc(-c2ccc(=O)n(CCNS(=O)(=O)c3ccc(OC)cc3)n2)cc1. The van der Waals surface area contributed by atoms with E-state index in [2.05, 4.69) is 9.82 Å². The maximum Gasteiger partial charge on any atom is 0.266 e. The summed E-state index contributed by atoms with van der Waals surface area (Å²) in [5, 5.41) is 4.33. The van der Waals surface area contributed by atoms with Gasteiger partial charge in [-0.1, -0.05) is 0 Å². The van der Waals surface area contributed by atoms with Crippen molar-refractivity contribution in [1.29, 1.82) is 0 Å². The summed E-state index contributed by atoms with van der Waals surface area (Å²) in [5.74, 6) is 1.28. The summed E-state index contributed by atoms with van der Waals surface area (Å²) < 4.78 is 38.6. The molecule has 0 fully saturated rings. The van der Waals surface area contributed by atoms with E-state index in [1.54, 1.807) is 37.4 Å². The van der Waals surface area contributed by atoms with Crippen molar-refractivity contribution in [3.05, 3.63) is 71.0 Å². The lowest BCUT2D eigenvalue weighted by atomic mass is 10.1. The van der Waals surface area contributed by atoms with E-state index in [4.69, 9.17) is 9.47 Å². The standard InChI is InChI=1S/C20H21N3O5S/c1-27-16-5-3-15(4-6-16)19-11-12-20(24)23(22-19)14-13-21-29(25,26)18-9-7-17(28-2)8-10-18/h3-12,21H,13-14H2,1-2H3. The van der Waals surface area contributed by atoms with Gasteiger partial charge in [0.05, 0.1) is 31.4 Å². The van der Waals surface area contributed by atoms with Crippen LogP contribution in [0.3, 0.4) is 0 Å². The average Bonchev–Trinajstić information content (AvgIpc) is 2.75. The Kier molecular flexibility index (Phi) is 6.30. The second kappa shape index (κ2) is 8.89. The molecule has 1 N–H and O–H groups in total. The number of sulfonamides is 1. The van der Waals surface area contributed by atoms with Gasteiger partial charge in [-0.3, -0.25) is 4.79 Å². The number of hydrogen-bond donors (Lipinski definition) is 1. The third-order valence-corrected chi connectivity index (χ3v) is 5.71. The van der Waals surface area contributed by atoms with E-state index in [0.717, 1.165) is 11.3 Å². The zero-order valence-corrected chi connectivity index (χ0v) is 16.8. The number of aromatic nitrogens is 2. The van der Waals surface area contributed by atoms with Crippen molar-refractivity contribution >= 4 is 10.0 Å². The summed E-state index contributed by atoms with van der Waals surface area (Å²) in [6.07, 6.45) is 0. The van der Waals surface area contributed by atoms with Gasteiger partial charge in [0.15, 0.2) is 0 Å². The van der Waals surface area contributed by atoms with Crippen molar-refractivity contribution in [2.45, 2.75) is 11.4 Å². The summed E-state index contributed by atoms with van der Waals surface area (Å²) in [4.78, 5) is 12.2. The Bertz CT molecular complexity index is 1120. The van der Waals surface area contributed by atoms with Crippen LogP contribution in [0.25, 0.3) is 11.3 Å². The summed E-state index contributed by atoms with van der Waals surface area (Å²) in [6, 6.07) is 16.4. The first-order valence-electron chi connectivity index (χ1n) is 8.79. The van der Waals surface area contributed by atoms with E-state index in [1.165, 1.54) is 30.0 Å². The fourth-order valence-corrected chi connectivity index (χ4v) is 3.67. The molecule has 0 atom stereocenters. The molecule has 0 radical (unpaired) electrons. The highest BCUT2D eigenvalue weighted by molar-refractivity contribution is 7.89. The number of methoxy groups -OCH3 is 2. The average molecular weight is 415 g/mol. The lowest BCUT2D eigenvalue weighted by Crippen LogP contribution is -2.32. The highest BCUT2D eigenvalue weighted by atomic mass is 32.2. The number of rotatable bonds is 8. The van der Waals surface area contributed by atoms with Gasteiger partial charge >= 0.3 is 0 Å². The number of nitrogens with one attached hydrogen (secondary N) is 1. The van der Waals surface area contributed by atoms with Crippen LogP contribution in [-0.2, 0) is 16.6 Å². The van der Waals surface area contributed by atoms with Crippen LogP contribution in [0.15, 0.2) is 70.4 Å². The van der Waals surface area contributed by atoms with Crippen molar-refractivity contribution in [2.24, 2.45) is 0 Å². The van der Waals surface area contributed by atoms with E-state index in [1.807, 2.05) is 12.1 Å². The molecule has 0 aliphatic heterocycles. The molecule has 1 heterocycles. The van der Waals surface area contributed by atoms with Crippen LogP contribution in [0.4, 0.5) is 0 Å². The second-order valence-electron chi connectivity index (χ2n) is 6.08. The molecule has 0 spiro atoms. The lowest BCUT2D eigenvalue weighted by Gasteiger charge is -2.10. The molecule has 3 rings (SSSR count). The monoisotopic (exact) mass is 415 g/mol. The summed E-state index contributed by atoms with van der Waals surface area (Å²) in [5.41, 5.74) is 1.11. The minimum atomic E-state index is -3.70. The van der Waals surface area contributed by atoms with Crippen molar-refractivity contribution in [3.8, 4) is 22.8 Å². The van der Waals surface area contributed by atoms with Crippen LogP contribution < -0.4 is 19.8 Å². The van der Waals surface area contributed by atoms with Gasteiger partial charge in [0.1, 0.15) is 11.5 Å². The topological polar surface area (TPSA) is 99.5 Å². The van der Waals surface area contributed by atoms with Crippen LogP contribution >= 0.6 is 0 Å². The summed E-state index contributed by atoms with van der Waals surface area (Å²) >= 11 is 0. The largest absolute Gasteiger partial charge is 0.497 e. The van der Waals surface area contributed by atoms with Gasteiger partial charge in [-0.2, -0.15) is 5.10 Å². The molecule has 3 aromatic rings. The predicted octanol–water partition coefficient (Wildman–Crippen LogP) is 1.91. The zero-order valence-electron chi connectivity index (χ0n) is 16.0. The Hall–Kier alpha value is -3.17. The summed E-state index contributed by atoms with van der Waals surface area (Å²) in [6.45, 7) is 0.117. The van der Waals surface area contributed by atoms with E-state index in [0.29, 0.717) is 11.4 Å². The molecule has 29 heavy (non-hydrogen) atoms. The molecule has 0 aliphatic rings. The van der Waals surface area contributed by atoms with Gasteiger partial charge in [-0.15, -0.1) is 0 Å². The van der Waals surface area contributed by atoms with Crippen molar-refractivity contribution < 1.29 is 17.9 Å². The maximum atomic E-state index is 12.4. The first kappa shape index (κ1) is 20.6. The van der Waals surface area contributed by atoms with Gasteiger partial charge < -0.3 is 9.47 Å². The number of ether oxygens (including phenoxy) is 2. The highest BCUT2D eigenvalue weighted by Gasteiger charge is 2.14. The molecular weight excluding hydrogens is 394 g/mol. The van der Waals surface area contributed by atoms with Gasteiger partial charge in [-0.05, 0) is 54.6 Å². The third kappa shape index (κ3) is 5.01. The number of nitrogens with zero attached hydrogens (tertiary/aromatic N) is 2. The van der Waals surface area contributed by atoms with Crippen LogP contribution in [0.1, 0.15) is 0 Å². The van der Waals surface area contributed by atoms with E-state index >= 15 is 0 Å². The molecule has 0 unspecified atom stereocenters. The molecule has 0 saturated heterocycles. The Labute approximate surface area is 168 Å². The van der Waals surface area contributed by atoms with Crippen molar-refractivity contribution in [1.82, 2.24) is 14.5 Å². The number of hydrogen-bond acceptors (Lipinski definition) is 6. The lowest BCUT2D eigenvalue weighted by molar-refractivity contribution is 0.414. The summed E-state index contributed by atoms with van der Waals surface area (Å²) in [7, 11) is -0.611. The molecule has 2 aromatic carbocycles. The van der Waals surface area contributed by atoms with Crippen molar-refractivity contribution in [2.75, 3.05) is 20.8 Å². The molecular formula is C20H21N3O5S. The molecule has 8 nitrogen and oxygen atoms in total. The maximum absolute atomic E-state index is 12.4. The molecule has 0 saturated carbocycles. The Morgan fingerprint density at radius 1 is 0.897 bits per heavy atom. The smallest absolute Gasteiger partial charge is 0.266 e. The molecule has 1 aromatic heterocycles. The Morgan fingerprint density at radius 3 is 2.07 bits per heavy atom. The van der Waals surface area contributed by atoms with E-state index < -0.39 is 10.0 Å². The zero-order chi connectivity index (χ0) is 20.9. The molecule has 0 aliphatic carbocycles. The molecule has 9 heteroatoms. The molecule has 0 bridgehead atoms. The fraction of sp³-hybridized carbons (Fsp3) is 0.200. The van der Waals surface area contributed by atoms with Crippen molar-refractivity contribution in [3.63, 3.8) is 0 Å². The van der Waals surface area contributed by atoms with Crippen LogP contribution in [0.5, 0.6) is 11.5 Å². The number of benzene rings is 2. The van der Waals surface area contributed by atoms with Gasteiger partial charge in [0.25, 0.3) is 5.56 Å². The second-order valence-corrected chi connectivity index (χ2v) is 7.85. The minimum Gasteiger partial charge on any atom is -0.497 e. The fourth-order valence-electron chi connectivity index (χ4n) is 2.65. The van der Waals surface area contributed by atoms with Gasteiger partial charge in [0.2, 0.25) is 10.0 Å². The Morgan fingerprint density at radius 2 is 1.48 bits per heavy atom. The van der Waals surface area contributed by atoms with Crippen LogP contribution in [0, 0.1) is 0 Å². The van der Waals surface area contributed by atoms with Gasteiger partial charge in [-0.25, -0.2) is 17.8 Å². The predicted molar refractivity (Wildman–Crippen MR) is 109 cm³/mol. The van der Waals surface area contributed by atoms with Crippen LogP contribution in [0.2, 0.25) is 0 Å². The normalized spacial score (nSPS) is 11.2. The Balaban J connectivity index is 1.70. The molecule has 0 amide bonds.